The molecule has 0 fully saturated rings. The molecule has 0 spiro atoms. The summed E-state index contributed by atoms with van der Waals surface area (Å²) < 4.78 is 3.97. The monoisotopic (exact) mass is 282 g/mol. The molecular formula is C10H18O9. The van der Waals surface area contributed by atoms with Crippen molar-refractivity contribution < 1.29 is 44.0 Å². The molecule has 0 unspecified atom stereocenters. The lowest BCUT2D eigenvalue weighted by atomic mass is 10.7. The van der Waals surface area contributed by atoms with Gasteiger partial charge in [0.15, 0.2) is 0 Å². The molecule has 0 aromatic heterocycles. The Bertz CT molecular complexity index is 254. The predicted molar refractivity (Wildman–Crippen MR) is 62.4 cm³/mol. The third-order valence-electron chi connectivity index (χ3n) is 0.287. The second-order valence-corrected chi connectivity index (χ2v) is 2.64. The first-order valence-electron chi connectivity index (χ1n) is 4.60. The highest BCUT2D eigenvalue weighted by molar-refractivity contribution is 5.82. The molecule has 0 aliphatic carbocycles. The fourth-order valence-electron chi connectivity index (χ4n) is 0.202. The Morgan fingerprint density at radius 2 is 0.684 bits per heavy atom. The van der Waals surface area contributed by atoms with Gasteiger partial charge in [-0.2, -0.15) is 0 Å². The lowest BCUT2D eigenvalue weighted by molar-refractivity contribution is -0.156. The van der Waals surface area contributed by atoms with Crippen LogP contribution in [0.2, 0.25) is 0 Å². The van der Waals surface area contributed by atoms with Crippen LogP contribution in [0.4, 0.5) is 0 Å². The number of hydrogen-bond acceptors (Lipinski definition) is 6. The molecule has 0 saturated carbocycles. The van der Waals surface area contributed by atoms with E-state index in [-0.39, 0.29) is 0 Å². The van der Waals surface area contributed by atoms with Gasteiger partial charge in [-0.05, 0) is 0 Å². The summed E-state index contributed by atoms with van der Waals surface area (Å²) in [5.41, 5.74) is 0. The smallest absolute Gasteiger partial charge is 0.310 e. The molecule has 0 aromatic rings. The van der Waals surface area contributed by atoms with Crippen LogP contribution in [0.25, 0.3) is 0 Å². The predicted octanol–water partition coefficient (Wildman–Crippen LogP) is 0.369. The van der Waals surface area contributed by atoms with E-state index in [2.05, 4.69) is 4.74 Å². The summed E-state index contributed by atoms with van der Waals surface area (Å²) in [6.07, 6.45) is 0. The minimum Gasteiger partial charge on any atom is -0.481 e. The van der Waals surface area contributed by atoms with Crippen molar-refractivity contribution in [3.8, 4) is 0 Å². The second kappa shape index (κ2) is 17.9. The summed E-state index contributed by atoms with van der Waals surface area (Å²) in [7, 11) is 0. The number of hydrogen-bond donors (Lipinski definition) is 3. The van der Waals surface area contributed by atoms with Crippen molar-refractivity contribution in [3.05, 3.63) is 0 Å². The van der Waals surface area contributed by atoms with E-state index >= 15 is 0 Å². The zero-order valence-electron chi connectivity index (χ0n) is 11.3. The van der Waals surface area contributed by atoms with Crippen molar-refractivity contribution in [2.24, 2.45) is 0 Å². The minimum atomic E-state index is -0.833. The number of rotatable bonds is 0. The molecule has 0 rings (SSSR count). The van der Waals surface area contributed by atoms with Crippen LogP contribution < -0.4 is 0 Å². The molecule has 112 valence electrons. The van der Waals surface area contributed by atoms with Crippen LogP contribution in [-0.2, 0) is 28.7 Å². The summed E-state index contributed by atoms with van der Waals surface area (Å²) >= 11 is 0. The van der Waals surface area contributed by atoms with Crippen LogP contribution in [0.5, 0.6) is 0 Å². The first kappa shape index (κ1) is 25.4. The van der Waals surface area contributed by atoms with Gasteiger partial charge >= 0.3 is 11.9 Å². The summed E-state index contributed by atoms with van der Waals surface area (Å²) in [6, 6.07) is 0. The average molecular weight is 282 g/mol. The lowest BCUT2D eigenvalue weighted by Crippen LogP contribution is -2.03. The van der Waals surface area contributed by atoms with Crippen LogP contribution in [0.15, 0.2) is 0 Å². The van der Waals surface area contributed by atoms with E-state index in [1.54, 1.807) is 0 Å². The molecule has 0 bridgehead atoms. The topological polar surface area (TPSA) is 155 Å². The van der Waals surface area contributed by atoms with Gasteiger partial charge in [0.2, 0.25) is 0 Å². The summed E-state index contributed by atoms with van der Waals surface area (Å²) in [5, 5.41) is 22.2. The quantitative estimate of drug-likeness (QED) is 0.421. The van der Waals surface area contributed by atoms with E-state index in [1.807, 2.05) is 0 Å². The van der Waals surface area contributed by atoms with Gasteiger partial charge in [0, 0.05) is 34.6 Å². The van der Waals surface area contributed by atoms with E-state index in [0.717, 1.165) is 20.8 Å². The third-order valence-corrected chi connectivity index (χ3v) is 0.287. The third kappa shape index (κ3) is 1190. The number of carboxylic acid groups (broad SMARTS) is 3. The standard InChI is InChI=1S/C4H6O3.3C2H4O2/c1-3(5)7-4(2)6;3*1-2(3)4/h1-2H3;3*1H3,(H,3,4). The Morgan fingerprint density at radius 3 is 0.684 bits per heavy atom. The van der Waals surface area contributed by atoms with Crippen LogP contribution in [0.3, 0.4) is 0 Å². The number of carbonyl (C=O) groups is 5. The lowest BCUT2D eigenvalue weighted by Gasteiger charge is -1.87. The molecule has 0 radical (unpaired) electrons. The Labute approximate surface area is 109 Å². The van der Waals surface area contributed by atoms with Gasteiger partial charge in [-0.15, -0.1) is 0 Å². The van der Waals surface area contributed by atoms with Gasteiger partial charge < -0.3 is 20.1 Å². The van der Waals surface area contributed by atoms with Crippen LogP contribution in [0, 0.1) is 0 Å². The molecule has 0 saturated heterocycles. The number of ether oxygens (including phenoxy) is 1. The van der Waals surface area contributed by atoms with Gasteiger partial charge in [0.25, 0.3) is 17.9 Å². The zero-order valence-corrected chi connectivity index (χ0v) is 11.3. The summed E-state index contributed by atoms with van der Waals surface area (Å²) in [5.74, 6) is -3.62. The molecule has 3 N–H and O–H groups in total. The Balaban J connectivity index is -0.0000000825. The zero-order chi connectivity index (χ0) is 16.6. The molecule has 0 amide bonds. The molecule has 0 aromatic carbocycles. The van der Waals surface area contributed by atoms with E-state index in [1.165, 1.54) is 13.8 Å². The molecule has 19 heavy (non-hydrogen) atoms. The number of carboxylic acids is 3. The highest BCUT2D eigenvalue weighted by Crippen LogP contribution is 1.73. The van der Waals surface area contributed by atoms with E-state index in [9.17, 15) is 9.59 Å². The Morgan fingerprint density at radius 1 is 0.579 bits per heavy atom. The highest BCUT2D eigenvalue weighted by Gasteiger charge is 1.93. The maximum atomic E-state index is 9.81. The van der Waals surface area contributed by atoms with Crippen LogP contribution in [-0.4, -0.2) is 45.2 Å². The van der Waals surface area contributed by atoms with Crippen molar-refractivity contribution in [2.75, 3.05) is 0 Å². The van der Waals surface area contributed by atoms with E-state index < -0.39 is 29.8 Å². The van der Waals surface area contributed by atoms with Gasteiger partial charge in [-0.3, -0.25) is 24.0 Å². The normalized spacial score (nSPS) is 6.79. The van der Waals surface area contributed by atoms with Crippen molar-refractivity contribution >= 4 is 29.8 Å². The molecular weight excluding hydrogens is 264 g/mol. The highest BCUT2D eigenvalue weighted by atomic mass is 16.6. The molecule has 0 aliphatic heterocycles. The molecule has 9 heteroatoms. The van der Waals surface area contributed by atoms with Crippen molar-refractivity contribution in [1.29, 1.82) is 0 Å². The maximum Gasteiger partial charge on any atom is 0.310 e. The number of esters is 2. The number of carbonyl (C=O) groups excluding carboxylic acids is 2. The maximum absolute atomic E-state index is 9.81. The van der Waals surface area contributed by atoms with Gasteiger partial charge in [-0.25, -0.2) is 0 Å². The van der Waals surface area contributed by atoms with Gasteiger partial charge in [0.05, 0.1) is 0 Å². The van der Waals surface area contributed by atoms with Gasteiger partial charge in [-0.1, -0.05) is 0 Å². The van der Waals surface area contributed by atoms with Gasteiger partial charge in [0.1, 0.15) is 0 Å². The van der Waals surface area contributed by atoms with Crippen molar-refractivity contribution in [3.63, 3.8) is 0 Å². The second-order valence-electron chi connectivity index (χ2n) is 2.64. The molecule has 0 aliphatic rings. The average Bonchev–Trinajstić information content (AvgIpc) is 1.95. The fraction of sp³-hybridized carbons (Fsp3) is 0.500. The van der Waals surface area contributed by atoms with E-state index in [0.29, 0.717) is 0 Å². The van der Waals surface area contributed by atoms with Crippen LogP contribution >= 0.6 is 0 Å². The SMILES string of the molecule is CC(=O)O.CC(=O)O.CC(=O)O.CC(=O)OC(C)=O. The van der Waals surface area contributed by atoms with Crippen LogP contribution in [0.1, 0.15) is 34.6 Å². The number of aliphatic carboxylic acids is 3. The first-order chi connectivity index (χ1) is 8.32. The molecule has 0 atom stereocenters. The van der Waals surface area contributed by atoms with E-state index in [4.69, 9.17) is 29.7 Å². The van der Waals surface area contributed by atoms with Crippen molar-refractivity contribution in [1.82, 2.24) is 0 Å². The Hall–Kier alpha value is -2.45. The first-order valence-corrected chi connectivity index (χ1v) is 4.60. The summed E-state index contributed by atoms with van der Waals surface area (Å²) in [4.78, 5) is 46.6. The fourth-order valence-corrected chi connectivity index (χ4v) is 0.202. The van der Waals surface area contributed by atoms with Crippen molar-refractivity contribution in [2.45, 2.75) is 34.6 Å². The molecule has 9 nitrogen and oxygen atoms in total. The Kier molecular flexibility index (Phi) is 24.0. The minimum absolute atomic E-state index is 0.562. The molecule has 0 heterocycles. The largest absolute Gasteiger partial charge is 0.481 e. The summed E-state index contributed by atoms with van der Waals surface area (Å²) in [6.45, 7) is 5.61.